The normalized spacial score (nSPS) is 28.0. The van der Waals surface area contributed by atoms with E-state index in [1.54, 1.807) is 31.4 Å². The highest BCUT2D eigenvalue weighted by atomic mass is 16.5. The van der Waals surface area contributed by atoms with E-state index < -0.39 is 29.4 Å². The summed E-state index contributed by atoms with van der Waals surface area (Å²) in [6, 6.07) is 19.4. The number of methoxy groups -OCH3 is 1. The topological polar surface area (TPSA) is 95.9 Å². The van der Waals surface area contributed by atoms with Gasteiger partial charge in [-0.05, 0) is 35.4 Å². The minimum absolute atomic E-state index is 0.171. The van der Waals surface area contributed by atoms with Gasteiger partial charge in [0.1, 0.15) is 5.75 Å². The fraction of sp³-hybridized carbons (Fsp3) is 0.367. The summed E-state index contributed by atoms with van der Waals surface area (Å²) in [5, 5.41) is 15.8. The van der Waals surface area contributed by atoms with Crippen molar-refractivity contribution in [2.45, 2.75) is 49.7 Å². The fourth-order valence-corrected chi connectivity index (χ4v) is 6.93. The van der Waals surface area contributed by atoms with Crippen LogP contribution in [-0.2, 0) is 19.9 Å². The summed E-state index contributed by atoms with van der Waals surface area (Å²) in [4.78, 5) is 42.8. The predicted molar refractivity (Wildman–Crippen MR) is 138 cm³/mol. The van der Waals surface area contributed by atoms with E-state index in [1.807, 2.05) is 42.5 Å². The number of likely N-dealkylation sites (tertiary alicyclic amines) is 1. The van der Waals surface area contributed by atoms with Crippen LogP contribution >= 0.6 is 0 Å². The third-order valence-corrected chi connectivity index (χ3v) is 8.57. The van der Waals surface area contributed by atoms with E-state index in [-0.39, 0.29) is 17.9 Å². The molecular formula is C30H30N2O5. The van der Waals surface area contributed by atoms with Crippen LogP contribution in [0, 0.1) is 11.8 Å². The quantitative estimate of drug-likeness (QED) is 0.506. The number of fused-ring (bicyclic) bond motifs is 2. The Morgan fingerprint density at radius 2 is 1.59 bits per heavy atom. The standard InChI is InChI=1S/C30H30N2O5/c1-37-23-17-16-22(20-14-8-9-15-21(20)23)26-24-25(28(34)32(27(24)33)19-12-6-3-7-13-19)30(31-26,29(35)36)18-10-4-2-5-11-18/h2,4-5,8-11,14-17,19,24-26,31H,3,6-7,12-13H2,1H3,(H,35,36). The number of carbonyl (C=O) groups excluding carboxylic acids is 2. The molecule has 3 fully saturated rings. The third kappa shape index (κ3) is 3.40. The molecule has 0 bridgehead atoms. The lowest BCUT2D eigenvalue weighted by Gasteiger charge is -2.35. The molecule has 7 heteroatoms. The number of ether oxygens (including phenoxy) is 1. The van der Waals surface area contributed by atoms with Gasteiger partial charge in [0.2, 0.25) is 11.8 Å². The van der Waals surface area contributed by atoms with Crippen molar-refractivity contribution in [2.75, 3.05) is 7.11 Å². The predicted octanol–water partition coefficient (Wildman–Crippen LogP) is 4.41. The van der Waals surface area contributed by atoms with Gasteiger partial charge in [0.25, 0.3) is 0 Å². The first-order valence-electron chi connectivity index (χ1n) is 13.0. The van der Waals surface area contributed by atoms with E-state index in [0.717, 1.165) is 48.4 Å². The van der Waals surface area contributed by atoms with E-state index in [4.69, 9.17) is 4.74 Å². The highest BCUT2D eigenvalue weighted by Crippen LogP contribution is 2.55. The zero-order valence-electron chi connectivity index (χ0n) is 20.7. The van der Waals surface area contributed by atoms with Crippen molar-refractivity contribution in [3.05, 3.63) is 77.9 Å². The Labute approximate surface area is 215 Å². The molecule has 4 unspecified atom stereocenters. The highest BCUT2D eigenvalue weighted by molar-refractivity contribution is 6.10. The summed E-state index contributed by atoms with van der Waals surface area (Å²) < 4.78 is 5.57. The number of benzene rings is 3. The molecule has 0 radical (unpaired) electrons. The van der Waals surface area contributed by atoms with Crippen LogP contribution in [0.5, 0.6) is 5.75 Å². The zero-order chi connectivity index (χ0) is 25.7. The summed E-state index contributed by atoms with van der Waals surface area (Å²) in [6.45, 7) is 0. The van der Waals surface area contributed by atoms with E-state index in [0.29, 0.717) is 11.3 Å². The lowest BCUT2D eigenvalue weighted by Crippen LogP contribution is -2.54. The van der Waals surface area contributed by atoms with Gasteiger partial charge in [-0.1, -0.05) is 79.9 Å². The average Bonchev–Trinajstić information content (AvgIpc) is 3.43. The first-order valence-corrected chi connectivity index (χ1v) is 13.0. The molecule has 3 aromatic rings. The second-order valence-electron chi connectivity index (χ2n) is 10.3. The minimum atomic E-state index is -1.73. The SMILES string of the molecule is COc1ccc(C2NC(C(=O)O)(c3ccccc3)C3C(=O)N(C4CCCCC4)C(=O)C23)c2ccccc12. The summed E-state index contributed by atoms with van der Waals surface area (Å²) in [5.74, 6) is -2.98. The lowest BCUT2D eigenvalue weighted by atomic mass is 9.75. The first kappa shape index (κ1) is 23.7. The molecule has 2 heterocycles. The van der Waals surface area contributed by atoms with Crippen molar-refractivity contribution in [2.24, 2.45) is 11.8 Å². The molecule has 3 aromatic carbocycles. The van der Waals surface area contributed by atoms with Crippen LogP contribution in [0.2, 0.25) is 0 Å². The van der Waals surface area contributed by atoms with Crippen LogP contribution in [-0.4, -0.2) is 40.9 Å². The van der Waals surface area contributed by atoms with Gasteiger partial charge in [0, 0.05) is 17.5 Å². The molecule has 2 saturated heterocycles. The molecule has 1 saturated carbocycles. The molecule has 6 rings (SSSR count). The summed E-state index contributed by atoms with van der Waals surface area (Å²) in [7, 11) is 1.61. The van der Waals surface area contributed by atoms with Gasteiger partial charge in [0.15, 0.2) is 5.54 Å². The third-order valence-electron chi connectivity index (χ3n) is 8.57. The monoisotopic (exact) mass is 498 g/mol. The summed E-state index contributed by atoms with van der Waals surface area (Å²) in [6.07, 6.45) is 4.55. The lowest BCUT2D eigenvalue weighted by molar-refractivity contribution is -0.153. The number of hydrogen-bond acceptors (Lipinski definition) is 5. The number of hydrogen-bond donors (Lipinski definition) is 2. The minimum Gasteiger partial charge on any atom is -0.496 e. The number of rotatable bonds is 5. The van der Waals surface area contributed by atoms with Crippen LogP contribution < -0.4 is 10.1 Å². The molecule has 0 spiro atoms. The average molecular weight is 499 g/mol. The number of aliphatic carboxylic acids is 1. The molecule has 7 nitrogen and oxygen atoms in total. The Morgan fingerprint density at radius 3 is 2.27 bits per heavy atom. The number of carbonyl (C=O) groups is 3. The molecular weight excluding hydrogens is 468 g/mol. The molecule has 1 aliphatic carbocycles. The largest absolute Gasteiger partial charge is 0.496 e. The van der Waals surface area contributed by atoms with Crippen molar-refractivity contribution in [3.8, 4) is 5.75 Å². The van der Waals surface area contributed by atoms with Gasteiger partial charge in [-0.15, -0.1) is 0 Å². The van der Waals surface area contributed by atoms with Gasteiger partial charge in [0.05, 0.1) is 18.9 Å². The fourth-order valence-electron chi connectivity index (χ4n) is 6.93. The molecule has 2 aliphatic heterocycles. The van der Waals surface area contributed by atoms with Crippen molar-refractivity contribution >= 4 is 28.6 Å². The number of carboxylic acid groups (broad SMARTS) is 1. The molecule has 3 aliphatic rings. The maximum absolute atomic E-state index is 14.1. The van der Waals surface area contributed by atoms with Crippen LogP contribution in [0.3, 0.4) is 0 Å². The summed E-state index contributed by atoms with van der Waals surface area (Å²) >= 11 is 0. The Hall–Kier alpha value is -3.71. The van der Waals surface area contributed by atoms with Crippen molar-refractivity contribution in [1.82, 2.24) is 10.2 Å². The Kier molecular flexibility index (Phi) is 5.75. The van der Waals surface area contributed by atoms with E-state index in [2.05, 4.69) is 5.32 Å². The van der Waals surface area contributed by atoms with E-state index in [1.165, 1.54) is 4.90 Å². The number of carboxylic acids is 1. The Bertz CT molecular complexity index is 1380. The maximum Gasteiger partial charge on any atom is 0.329 e. The van der Waals surface area contributed by atoms with Crippen LogP contribution in [0.1, 0.15) is 49.3 Å². The molecule has 0 aromatic heterocycles. The number of nitrogens with one attached hydrogen (secondary N) is 1. The number of imide groups is 1. The van der Waals surface area contributed by atoms with Gasteiger partial charge in [-0.3, -0.25) is 19.8 Å². The highest BCUT2D eigenvalue weighted by Gasteiger charge is 2.69. The molecule has 2 amide bonds. The number of amides is 2. The smallest absolute Gasteiger partial charge is 0.329 e. The molecule has 2 N–H and O–H groups in total. The van der Waals surface area contributed by atoms with Gasteiger partial charge < -0.3 is 9.84 Å². The second kappa shape index (κ2) is 8.99. The number of nitrogens with zero attached hydrogens (tertiary/aromatic N) is 1. The van der Waals surface area contributed by atoms with Crippen molar-refractivity contribution in [3.63, 3.8) is 0 Å². The van der Waals surface area contributed by atoms with Gasteiger partial charge in [-0.2, -0.15) is 0 Å². The van der Waals surface area contributed by atoms with Crippen LogP contribution in [0.15, 0.2) is 66.7 Å². The second-order valence-corrected chi connectivity index (χ2v) is 10.3. The van der Waals surface area contributed by atoms with Gasteiger partial charge >= 0.3 is 5.97 Å². The van der Waals surface area contributed by atoms with E-state index in [9.17, 15) is 19.5 Å². The maximum atomic E-state index is 14.1. The summed E-state index contributed by atoms with van der Waals surface area (Å²) in [5.41, 5.74) is -0.463. The van der Waals surface area contributed by atoms with Crippen molar-refractivity contribution < 1.29 is 24.2 Å². The Balaban J connectivity index is 1.56. The Morgan fingerprint density at radius 1 is 0.919 bits per heavy atom. The molecule has 190 valence electrons. The van der Waals surface area contributed by atoms with Crippen molar-refractivity contribution in [1.29, 1.82) is 0 Å². The van der Waals surface area contributed by atoms with Crippen LogP contribution in [0.4, 0.5) is 0 Å². The first-order chi connectivity index (χ1) is 18.0. The molecule has 4 atom stereocenters. The molecule has 37 heavy (non-hydrogen) atoms. The van der Waals surface area contributed by atoms with E-state index >= 15 is 0 Å². The van der Waals surface area contributed by atoms with Crippen LogP contribution in [0.25, 0.3) is 10.8 Å². The zero-order valence-corrected chi connectivity index (χ0v) is 20.7. The van der Waals surface area contributed by atoms with Gasteiger partial charge in [-0.25, -0.2) is 4.79 Å².